The van der Waals surface area contributed by atoms with Crippen molar-refractivity contribution in [2.75, 3.05) is 13.2 Å². The Morgan fingerprint density at radius 3 is 1.22 bits per heavy atom. The second-order valence-electron chi connectivity index (χ2n) is 14.9. The van der Waals surface area contributed by atoms with E-state index < -0.39 is 0 Å². The molecule has 36 heavy (non-hydrogen) atoms. The van der Waals surface area contributed by atoms with Gasteiger partial charge in [-0.3, -0.25) is 0 Å². The maximum Gasteiger partial charge on any atom is 0.0471 e. The summed E-state index contributed by atoms with van der Waals surface area (Å²) < 4.78 is 5.38. The molecule has 0 N–H and O–H groups in total. The lowest BCUT2D eigenvalue weighted by atomic mass is 9.71. The maximum absolute atomic E-state index is 5.38. The Morgan fingerprint density at radius 2 is 0.944 bits per heavy atom. The van der Waals surface area contributed by atoms with Crippen LogP contribution in [-0.4, -0.2) is 13.2 Å². The van der Waals surface area contributed by atoms with E-state index in [2.05, 4.69) is 106 Å². The highest BCUT2D eigenvalue weighted by molar-refractivity contribution is 5.15. The van der Waals surface area contributed by atoms with Crippen LogP contribution in [0.1, 0.15) is 148 Å². The van der Waals surface area contributed by atoms with Crippen molar-refractivity contribution >= 4 is 0 Å². The van der Waals surface area contributed by atoms with Gasteiger partial charge in [-0.25, -0.2) is 0 Å². The van der Waals surface area contributed by atoms with E-state index >= 15 is 0 Å². The molecule has 0 spiro atoms. The highest BCUT2D eigenvalue weighted by Crippen LogP contribution is 2.52. The summed E-state index contributed by atoms with van der Waals surface area (Å²) >= 11 is 0. The van der Waals surface area contributed by atoms with Gasteiger partial charge in [0.1, 0.15) is 0 Å². The first-order chi connectivity index (χ1) is 16.4. The van der Waals surface area contributed by atoms with E-state index in [1.165, 1.54) is 44.1 Å². The van der Waals surface area contributed by atoms with Crippen LogP contribution < -0.4 is 0 Å². The molecule has 0 bridgehead atoms. The fourth-order valence-electron chi connectivity index (χ4n) is 5.20. The SMILES string of the molecule is CC.CC.CC(C)(C)CC1(C)CC1.CC(C)(C)CC1(C)CCOCC1.CC(C)(C)Cc1ccccc1. The molecule has 1 heterocycles. The van der Waals surface area contributed by atoms with Gasteiger partial charge < -0.3 is 4.74 Å². The molecule has 1 aliphatic heterocycles. The van der Waals surface area contributed by atoms with Gasteiger partial charge in [-0.2, -0.15) is 0 Å². The second kappa shape index (κ2) is 16.9. The molecule has 1 aromatic rings. The molecule has 0 atom stereocenters. The summed E-state index contributed by atoms with van der Waals surface area (Å²) in [5.41, 5.74) is 4.12. The fourth-order valence-corrected chi connectivity index (χ4v) is 5.20. The summed E-state index contributed by atoms with van der Waals surface area (Å²) in [5.74, 6) is 0. The fraction of sp³-hybridized carbons (Fsp3) is 0.829. The number of benzene rings is 1. The van der Waals surface area contributed by atoms with Crippen LogP contribution in [0.4, 0.5) is 0 Å². The molecule has 1 nitrogen and oxygen atoms in total. The normalized spacial score (nSPS) is 17.9. The Hall–Kier alpha value is -0.820. The summed E-state index contributed by atoms with van der Waals surface area (Å²) in [4.78, 5) is 0. The van der Waals surface area contributed by atoms with Crippen molar-refractivity contribution < 1.29 is 4.74 Å². The molecule has 2 fully saturated rings. The lowest BCUT2D eigenvalue weighted by Gasteiger charge is -2.38. The Kier molecular flexibility index (Phi) is 17.5. The number of ether oxygens (including phenoxy) is 1. The van der Waals surface area contributed by atoms with Gasteiger partial charge in [0.2, 0.25) is 0 Å². The average molecular weight is 505 g/mol. The van der Waals surface area contributed by atoms with E-state index in [9.17, 15) is 0 Å². The van der Waals surface area contributed by atoms with E-state index in [1.807, 2.05) is 27.7 Å². The van der Waals surface area contributed by atoms with E-state index in [0.717, 1.165) is 25.0 Å². The van der Waals surface area contributed by atoms with Crippen LogP contribution in [0.5, 0.6) is 0 Å². The van der Waals surface area contributed by atoms with Gasteiger partial charge in [0.05, 0.1) is 0 Å². The predicted octanol–water partition coefficient (Wildman–Crippen LogP) is 11.8. The van der Waals surface area contributed by atoms with Gasteiger partial charge in [0.15, 0.2) is 0 Å². The van der Waals surface area contributed by atoms with Gasteiger partial charge in [-0.1, -0.05) is 134 Å². The van der Waals surface area contributed by atoms with Crippen LogP contribution in [0.25, 0.3) is 0 Å². The van der Waals surface area contributed by atoms with Crippen molar-refractivity contribution in [3.8, 4) is 0 Å². The minimum absolute atomic E-state index is 0.404. The Bertz CT molecular complexity index is 623. The second-order valence-corrected chi connectivity index (χ2v) is 14.9. The predicted molar refractivity (Wildman–Crippen MR) is 166 cm³/mol. The number of hydrogen-bond donors (Lipinski definition) is 0. The average Bonchev–Trinajstić information content (AvgIpc) is 3.45. The van der Waals surface area contributed by atoms with Crippen LogP contribution >= 0.6 is 0 Å². The summed E-state index contributed by atoms with van der Waals surface area (Å²) in [5, 5.41) is 0. The molecule has 0 unspecified atom stereocenters. The molecule has 2 aliphatic rings. The molecule has 1 saturated heterocycles. The standard InChI is InChI=1S/C11H22O.C11H16.C9H18.2C2H6/c1-10(2,3)9-11(4)5-7-12-8-6-11;1-11(2,3)9-10-7-5-4-6-8-10;1-8(2,3)7-9(4)5-6-9;2*1-2/h5-9H2,1-4H3;4-8H,9H2,1-3H3;5-7H2,1-4H3;2*1-2H3. The molecule has 0 amide bonds. The smallest absolute Gasteiger partial charge is 0.0471 e. The zero-order valence-electron chi connectivity index (χ0n) is 27.7. The highest BCUT2D eigenvalue weighted by atomic mass is 16.5. The molecule has 1 aliphatic carbocycles. The zero-order chi connectivity index (χ0) is 28.7. The number of hydrogen-bond acceptors (Lipinski definition) is 1. The molecule has 3 rings (SSSR count). The topological polar surface area (TPSA) is 9.23 Å². The Labute approximate surface area is 229 Å². The van der Waals surface area contributed by atoms with E-state index in [4.69, 9.17) is 4.74 Å². The van der Waals surface area contributed by atoms with Crippen molar-refractivity contribution in [1.82, 2.24) is 0 Å². The van der Waals surface area contributed by atoms with E-state index in [1.54, 1.807) is 0 Å². The van der Waals surface area contributed by atoms with Gasteiger partial charge in [-0.05, 0) is 77.6 Å². The first kappa shape index (κ1) is 37.3. The maximum atomic E-state index is 5.38. The number of rotatable bonds is 3. The van der Waals surface area contributed by atoms with Crippen molar-refractivity contribution in [2.45, 2.75) is 149 Å². The molecular formula is C35H68O. The minimum atomic E-state index is 0.404. The zero-order valence-corrected chi connectivity index (χ0v) is 27.7. The lowest BCUT2D eigenvalue weighted by molar-refractivity contribution is 0.00424. The van der Waals surface area contributed by atoms with Gasteiger partial charge in [0, 0.05) is 13.2 Å². The highest BCUT2D eigenvalue weighted by Gasteiger charge is 2.40. The third kappa shape index (κ3) is 22.4. The van der Waals surface area contributed by atoms with E-state index in [0.29, 0.717) is 21.7 Å². The molecule has 1 saturated carbocycles. The van der Waals surface area contributed by atoms with Crippen molar-refractivity contribution in [3.05, 3.63) is 35.9 Å². The summed E-state index contributed by atoms with van der Waals surface area (Å²) in [6, 6.07) is 10.6. The van der Waals surface area contributed by atoms with Crippen LogP contribution in [-0.2, 0) is 11.2 Å². The van der Waals surface area contributed by atoms with Gasteiger partial charge >= 0.3 is 0 Å². The molecular weight excluding hydrogens is 436 g/mol. The van der Waals surface area contributed by atoms with Gasteiger partial charge in [0.25, 0.3) is 0 Å². The summed E-state index contributed by atoms with van der Waals surface area (Å²) in [6.07, 6.45) is 9.29. The Balaban J connectivity index is 0. The molecule has 0 radical (unpaired) electrons. The van der Waals surface area contributed by atoms with E-state index in [-0.39, 0.29) is 0 Å². The van der Waals surface area contributed by atoms with Crippen molar-refractivity contribution in [2.24, 2.45) is 27.1 Å². The molecule has 1 heteroatoms. The molecule has 214 valence electrons. The molecule has 1 aromatic carbocycles. The quantitative estimate of drug-likeness (QED) is 0.397. The van der Waals surface area contributed by atoms with Crippen molar-refractivity contribution in [3.63, 3.8) is 0 Å². The molecule has 0 aromatic heterocycles. The van der Waals surface area contributed by atoms with Gasteiger partial charge in [-0.15, -0.1) is 0 Å². The first-order valence-electron chi connectivity index (χ1n) is 15.0. The summed E-state index contributed by atoms with van der Waals surface area (Å²) in [6.45, 7) is 35.5. The third-order valence-electron chi connectivity index (χ3n) is 6.29. The van der Waals surface area contributed by atoms with Crippen LogP contribution in [0.15, 0.2) is 30.3 Å². The summed E-state index contributed by atoms with van der Waals surface area (Å²) in [7, 11) is 0. The van der Waals surface area contributed by atoms with Crippen LogP contribution in [0.2, 0.25) is 0 Å². The largest absolute Gasteiger partial charge is 0.381 e. The van der Waals surface area contributed by atoms with Crippen molar-refractivity contribution in [1.29, 1.82) is 0 Å². The van der Waals surface area contributed by atoms with Crippen LogP contribution in [0.3, 0.4) is 0 Å². The monoisotopic (exact) mass is 505 g/mol. The minimum Gasteiger partial charge on any atom is -0.381 e. The first-order valence-corrected chi connectivity index (χ1v) is 15.0. The third-order valence-corrected chi connectivity index (χ3v) is 6.29. The Morgan fingerprint density at radius 1 is 0.583 bits per heavy atom. The van der Waals surface area contributed by atoms with Crippen LogP contribution in [0, 0.1) is 27.1 Å². The lowest BCUT2D eigenvalue weighted by Crippen LogP contribution is -2.30.